The summed E-state index contributed by atoms with van der Waals surface area (Å²) in [6.07, 6.45) is 1.13. The Hall–Kier alpha value is -1.59. The summed E-state index contributed by atoms with van der Waals surface area (Å²) in [5.74, 6) is -0.0293. The van der Waals surface area contributed by atoms with Gasteiger partial charge in [-0.15, -0.1) is 0 Å². The SMILES string of the molecule is CN1CCOC(CNC(=O)c2ccc3c(c2)NCC3)C1. The molecule has 1 aromatic rings. The van der Waals surface area contributed by atoms with Crippen LogP contribution in [0.25, 0.3) is 0 Å². The highest BCUT2D eigenvalue weighted by Gasteiger charge is 2.19. The number of fused-ring (bicyclic) bond motifs is 1. The number of carbonyl (C=O) groups is 1. The number of ether oxygens (including phenoxy) is 1. The molecule has 1 amide bonds. The maximum absolute atomic E-state index is 12.2. The van der Waals surface area contributed by atoms with E-state index in [9.17, 15) is 4.79 Å². The van der Waals surface area contributed by atoms with E-state index in [1.54, 1.807) is 0 Å². The summed E-state index contributed by atoms with van der Waals surface area (Å²) >= 11 is 0. The standard InChI is InChI=1S/C15H21N3O2/c1-18-6-7-20-13(10-18)9-17-15(19)12-3-2-11-4-5-16-14(11)8-12/h2-3,8,13,16H,4-7,9-10H2,1H3,(H,17,19). The number of nitrogens with zero attached hydrogens (tertiary/aromatic N) is 1. The first-order valence-electron chi connectivity index (χ1n) is 7.17. The monoisotopic (exact) mass is 275 g/mol. The van der Waals surface area contributed by atoms with E-state index >= 15 is 0 Å². The van der Waals surface area contributed by atoms with Crippen LogP contribution in [-0.4, -0.2) is 56.7 Å². The Morgan fingerprint density at radius 1 is 1.55 bits per heavy atom. The average molecular weight is 275 g/mol. The van der Waals surface area contributed by atoms with Gasteiger partial charge in [-0.2, -0.15) is 0 Å². The van der Waals surface area contributed by atoms with Crippen molar-refractivity contribution in [1.82, 2.24) is 10.2 Å². The number of rotatable bonds is 3. The van der Waals surface area contributed by atoms with Gasteiger partial charge in [-0.3, -0.25) is 4.79 Å². The minimum atomic E-state index is -0.0293. The van der Waals surface area contributed by atoms with Gasteiger partial charge in [0.1, 0.15) is 0 Å². The molecule has 2 aliphatic rings. The maximum atomic E-state index is 12.2. The molecule has 0 spiro atoms. The lowest BCUT2D eigenvalue weighted by molar-refractivity contribution is -0.0175. The number of benzene rings is 1. The highest BCUT2D eigenvalue weighted by molar-refractivity contribution is 5.95. The summed E-state index contributed by atoms with van der Waals surface area (Å²) in [6.45, 7) is 4.09. The molecule has 0 bridgehead atoms. The normalized spacial score (nSPS) is 22.1. The van der Waals surface area contributed by atoms with Crippen LogP contribution >= 0.6 is 0 Å². The first-order chi connectivity index (χ1) is 9.72. The lowest BCUT2D eigenvalue weighted by atomic mass is 10.1. The largest absolute Gasteiger partial charge is 0.384 e. The van der Waals surface area contributed by atoms with E-state index in [4.69, 9.17) is 4.74 Å². The van der Waals surface area contributed by atoms with E-state index in [1.807, 2.05) is 18.2 Å². The minimum absolute atomic E-state index is 0.0293. The Morgan fingerprint density at radius 3 is 3.30 bits per heavy atom. The molecule has 1 fully saturated rings. The van der Waals surface area contributed by atoms with E-state index in [-0.39, 0.29) is 12.0 Å². The van der Waals surface area contributed by atoms with Crippen molar-refractivity contribution in [3.8, 4) is 0 Å². The van der Waals surface area contributed by atoms with Crippen LogP contribution in [0, 0.1) is 0 Å². The summed E-state index contributed by atoms with van der Waals surface area (Å²) in [6, 6.07) is 5.87. The number of anilines is 1. The fraction of sp³-hybridized carbons (Fsp3) is 0.533. The van der Waals surface area contributed by atoms with Crippen LogP contribution in [0.5, 0.6) is 0 Å². The van der Waals surface area contributed by atoms with E-state index < -0.39 is 0 Å². The Kier molecular flexibility index (Phi) is 3.89. The Morgan fingerprint density at radius 2 is 2.45 bits per heavy atom. The predicted octanol–water partition coefficient (Wildman–Crippen LogP) is 0.715. The van der Waals surface area contributed by atoms with Crippen LogP contribution in [0.4, 0.5) is 5.69 Å². The number of nitrogens with one attached hydrogen (secondary N) is 2. The quantitative estimate of drug-likeness (QED) is 0.853. The predicted molar refractivity (Wildman–Crippen MR) is 78.2 cm³/mol. The van der Waals surface area contributed by atoms with Crippen LogP contribution < -0.4 is 10.6 Å². The number of hydrogen-bond donors (Lipinski definition) is 2. The highest BCUT2D eigenvalue weighted by Crippen LogP contribution is 2.23. The van der Waals surface area contributed by atoms with Crippen molar-refractivity contribution in [3.63, 3.8) is 0 Å². The van der Waals surface area contributed by atoms with Gasteiger partial charge in [0.15, 0.2) is 0 Å². The van der Waals surface area contributed by atoms with Gasteiger partial charge in [0.2, 0.25) is 0 Å². The average Bonchev–Trinajstić information content (AvgIpc) is 2.92. The Labute approximate surface area is 119 Å². The smallest absolute Gasteiger partial charge is 0.251 e. The van der Waals surface area contributed by atoms with E-state index in [0.717, 1.165) is 38.3 Å². The molecule has 3 rings (SSSR count). The Bertz CT molecular complexity index is 504. The summed E-state index contributed by atoms with van der Waals surface area (Å²) in [5, 5.41) is 6.26. The summed E-state index contributed by atoms with van der Waals surface area (Å²) in [7, 11) is 2.07. The lowest BCUT2D eigenvalue weighted by Crippen LogP contribution is -2.45. The molecule has 108 valence electrons. The minimum Gasteiger partial charge on any atom is -0.384 e. The second kappa shape index (κ2) is 5.81. The molecule has 1 unspecified atom stereocenters. The third kappa shape index (κ3) is 2.94. The first kappa shape index (κ1) is 13.4. The molecule has 20 heavy (non-hydrogen) atoms. The second-order valence-electron chi connectivity index (χ2n) is 5.51. The van der Waals surface area contributed by atoms with Crippen molar-refractivity contribution >= 4 is 11.6 Å². The molecular weight excluding hydrogens is 254 g/mol. The van der Waals surface area contributed by atoms with E-state index in [2.05, 4.69) is 22.6 Å². The Balaban J connectivity index is 1.56. The third-order valence-electron chi connectivity index (χ3n) is 3.91. The van der Waals surface area contributed by atoms with E-state index in [0.29, 0.717) is 12.1 Å². The van der Waals surface area contributed by atoms with Crippen molar-refractivity contribution in [2.75, 3.05) is 45.2 Å². The van der Waals surface area contributed by atoms with Crippen LogP contribution in [0.1, 0.15) is 15.9 Å². The molecule has 5 nitrogen and oxygen atoms in total. The zero-order valence-electron chi connectivity index (χ0n) is 11.8. The first-order valence-corrected chi connectivity index (χ1v) is 7.17. The van der Waals surface area contributed by atoms with E-state index in [1.165, 1.54) is 5.56 Å². The summed E-state index contributed by atoms with van der Waals surface area (Å²) < 4.78 is 5.64. The van der Waals surface area contributed by atoms with Crippen LogP contribution in [0.15, 0.2) is 18.2 Å². The van der Waals surface area contributed by atoms with Gasteiger partial charge in [-0.1, -0.05) is 6.07 Å². The van der Waals surface area contributed by atoms with Crippen LogP contribution in [-0.2, 0) is 11.2 Å². The van der Waals surface area contributed by atoms with Gasteiger partial charge in [-0.25, -0.2) is 0 Å². The van der Waals surface area contributed by atoms with Gasteiger partial charge in [0, 0.05) is 37.4 Å². The molecule has 1 aromatic carbocycles. The molecule has 2 aliphatic heterocycles. The zero-order chi connectivity index (χ0) is 13.9. The number of likely N-dealkylation sites (N-methyl/N-ethyl adjacent to an activating group) is 1. The topological polar surface area (TPSA) is 53.6 Å². The summed E-state index contributed by atoms with van der Waals surface area (Å²) in [5.41, 5.74) is 3.09. The molecule has 1 atom stereocenters. The molecule has 5 heteroatoms. The van der Waals surface area contributed by atoms with Crippen molar-refractivity contribution in [1.29, 1.82) is 0 Å². The van der Waals surface area contributed by atoms with Gasteiger partial charge in [-0.05, 0) is 31.2 Å². The maximum Gasteiger partial charge on any atom is 0.251 e. The molecule has 2 N–H and O–H groups in total. The van der Waals surface area contributed by atoms with Crippen molar-refractivity contribution in [2.24, 2.45) is 0 Å². The highest BCUT2D eigenvalue weighted by atomic mass is 16.5. The molecule has 0 aliphatic carbocycles. The van der Waals surface area contributed by atoms with Crippen molar-refractivity contribution in [2.45, 2.75) is 12.5 Å². The number of morpholine rings is 1. The van der Waals surface area contributed by atoms with Gasteiger partial charge >= 0.3 is 0 Å². The fourth-order valence-electron chi connectivity index (χ4n) is 2.73. The fourth-order valence-corrected chi connectivity index (χ4v) is 2.73. The number of hydrogen-bond acceptors (Lipinski definition) is 4. The number of amides is 1. The van der Waals surface area contributed by atoms with Gasteiger partial charge in [0.05, 0.1) is 12.7 Å². The van der Waals surface area contributed by atoms with Crippen LogP contribution in [0.2, 0.25) is 0 Å². The number of carbonyl (C=O) groups excluding carboxylic acids is 1. The molecule has 0 aromatic heterocycles. The van der Waals surface area contributed by atoms with Crippen molar-refractivity contribution in [3.05, 3.63) is 29.3 Å². The molecular formula is C15H21N3O2. The molecule has 1 saturated heterocycles. The summed E-state index contributed by atoms with van der Waals surface area (Å²) in [4.78, 5) is 14.4. The lowest BCUT2D eigenvalue weighted by Gasteiger charge is -2.30. The molecule has 2 heterocycles. The zero-order valence-corrected chi connectivity index (χ0v) is 11.8. The molecule has 0 radical (unpaired) electrons. The third-order valence-corrected chi connectivity index (χ3v) is 3.91. The van der Waals surface area contributed by atoms with Gasteiger partial charge < -0.3 is 20.3 Å². The van der Waals surface area contributed by atoms with Crippen LogP contribution in [0.3, 0.4) is 0 Å². The molecule has 0 saturated carbocycles. The second-order valence-corrected chi connectivity index (χ2v) is 5.51. The van der Waals surface area contributed by atoms with Crippen molar-refractivity contribution < 1.29 is 9.53 Å². The van der Waals surface area contributed by atoms with Gasteiger partial charge in [0.25, 0.3) is 5.91 Å².